The van der Waals surface area contributed by atoms with E-state index >= 15 is 0 Å². The number of allylic oxidation sites excluding steroid dienone is 1. The molecule has 0 heterocycles. The Labute approximate surface area is 199 Å². The van der Waals surface area contributed by atoms with Crippen LogP contribution in [-0.4, -0.2) is 6.61 Å². The number of halogens is 1. The Hall–Kier alpha value is -3.74. The van der Waals surface area contributed by atoms with E-state index in [0.717, 1.165) is 27.5 Å². The highest BCUT2D eigenvalue weighted by molar-refractivity contribution is 6.32. The minimum atomic E-state index is 0.386. The molecular formula is C29H24ClNO2. The molecule has 0 N–H and O–H groups in total. The molecular weight excluding hydrogens is 430 g/mol. The number of hydrogen-bond donors (Lipinski definition) is 0. The average Bonchev–Trinajstić information content (AvgIpc) is 2.82. The Morgan fingerprint density at radius 2 is 1.76 bits per heavy atom. The zero-order valence-electron chi connectivity index (χ0n) is 18.6. The van der Waals surface area contributed by atoms with E-state index in [9.17, 15) is 5.26 Å². The third-order valence-electron chi connectivity index (χ3n) is 5.29. The summed E-state index contributed by atoms with van der Waals surface area (Å²) in [7, 11) is 0. The lowest BCUT2D eigenvalue weighted by atomic mass is 10.00. The molecule has 0 saturated heterocycles. The molecule has 0 saturated carbocycles. The first kappa shape index (κ1) is 22.5. The van der Waals surface area contributed by atoms with Crippen LogP contribution in [-0.2, 0) is 6.61 Å². The van der Waals surface area contributed by atoms with Crippen molar-refractivity contribution < 1.29 is 9.47 Å². The number of nitrogens with zero attached hydrogens (tertiary/aromatic N) is 1. The van der Waals surface area contributed by atoms with Gasteiger partial charge in [0.05, 0.1) is 23.3 Å². The standard InChI is InChI=1S/C29H24ClNO2/c1-3-32-28-16-22(15-27(30)29(28)33-19-21-8-6-7-20(2)13-21)14-26(18-31)25-12-11-23-9-4-5-10-24(23)17-25/h4-17H,3,19H2,1-2H3/b26-14-. The van der Waals surface area contributed by atoms with Crippen LogP contribution < -0.4 is 9.47 Å². The maximum atomic E-state index is 9.83. The van der Waals surface area contributed by atoms with E-state index in [-0.39, 0.29) is 0 Å². The Bertz CT molecular complexity index is 1370. The van der Waals surface area contributed by atoms with Crippen molar-refractivity contribution in [3.8, 4) is 17.6 Å². The molecule has 0 unspecified atom stereocenters. The summed E-state index contributed by atoms with van der Waals surface area (Å²) >= 11 is 6.60. The van der Waals surface area contributed by atoms with Gasteiger partial charge in [0.1, 0.15) is 6.61 Å². The van der Waals surface area contributed by atoms with Gasteiger partial charge in [-0.2, -0.15) is 5.26 Å². The average molecular weight is 454 g/mol. The molecule has 3 nitrogen and oxygen atoms in total. The summed E-state index contributed by atoms with van der Waals surface area (Å²) in [4.78, 5) is 0. The Morgan fingerprint density at radius 3 is 2.52 bits per heavy atom. The lowest BCUT2D eigenvalue weighted by Crippen LogP contribution is -2.01. The molecule has 0 aliphatic heterocycles. The van der Waals surface area contributed by atoms with Gasteiger partial charge in [0.2, 0.25) is 0 Å². The van der Waals surface area contributed by atoms with Crippen LogP contribution >= 0.6 is 11.6 Å². The number of nitriles is 1. The number of aryl methyl sites for hydroxylation is 1. The summed E-state index contributed by atoms with van der Waals surface area (Å²) in [5.74, 6) is 1.06. The molecule has 0 aliphatic carbocycles. The lowest BCUT2D eigenvalue weighted by molar-refractivity contribution is 0.269. The third-order valence-corrected chi connectivity index (χ3v) is 5.57. The van der Waals surface area contributed by atoms with E-state index in [1.165, 1.54) is 5.56 Å². The number of rotatable bonds is 7. The highest BCUT2D eigenvalue weighted by atomic mass is 35.5. The first-order valence-electron chi connectivity index (χ1n) is 10.8. The molecule has 0 spiro atoms. The second-order valence-corrected chi connectivity index (χ2v) is 8.18. The minimum absolute atomic E-state index is 0.386. The van der Waals surface area contributed by atoms with Crippen LogP contribution in [0.5, 0.6) is 11.5 Å². The molecule has 4 aromatic rings. The molecule has 0 aromatic heterocycles. The van der Waals surface area contributed by atoms with Crippen LogP contribution in [0.4, 0.5) is 0 Å². The van der Waals surface area contributed by atoms with Crippen molar-refractivity contribution in [1.29, 1.82) is 5.26 Å². The predicted octanol–water partition coefficient (Wildman–Crippen LogP) is 7.84. The fourth-order valence-electron chi connectivity index (χ4n) is 3.74. The van der Waals surface area contributed by atoms with Crippen molar-refractivity contribution in [2.75, 3.05) is 6.61 Å². The third kappa shape index (κ3) is 5.37. The SMILES string of the molecule is CCOc1cc(/C=C(/C#N)c2ccc3ccccc3c2)cc(Cl)c1OCc1cccc(C)c1. The number of benzene rings is 4. The monoisotopic (exact) mass is 453 g/mol. The van der Waals surface area contributed by atoms with Gasteiger partial charge in [-0.1, -0.05) is 77.8 Å². The van der Waals surface area contributed by atoms with Crippen molar-refractivity contribution >= 4 is 34.0 Å². The summed E-state index contributed by atoms with van der Waals surface area (Å²) in [5, 5.41) is 12.5. The smallest absolute Gasteiger partial charge is 0.180 e. The van der Waals surface area contributed by atoms with Crippen LogP contribution in [0.15, 0.2) is 78.9 Å². The van der Waals surface area contributed by atoms with Crippen LogP contribution in [0.3, 0.4) is 0 Å². The topological polar surface area (TPSA) is 42.2 Å². The van der Waals surface area contributed by atoms with Gasteiger partial charge in [-0.05, 0) is 65.6 Å². The van der Waals surface area contributed by atoms with Gasteiger partial charge in [-0.3, -0.25) is 0 Å². The van der Waals surface area contributed by atoms with E-state index in [1.54, 1.807) is 6.07 Å². The predicted molar refractivity (Wildman–Crippen MR) is 136 cm³/mol. The van der Waals surface area contributed by atoms with Crippen molar-refractivity contribution in [3.63, 3.8) is 0 Å². The molecule has 33 heavy (non-hydrogen) atoms. The van der Waals surface area contributed by atoms with Crippen molar-refractivity contribution in [2.45, 2.75) is 20.5 Å². The van der Waals surface area contributed by atoms with Gasteiger partial charge < -0.3 is 9.47 Å². The van der Waals surface area contributed by atoms with E-state index in [4.69, 9.17) is 21.1 Å². The molecule has 0 fully saturated rings. The molecule has 164 valence electrons. The molecule has 4 rings (SSSR count). The van der Waals surface area contributed by atoms with Crippen LogP contribution in [0.2, 0.25) is 5.02 Å². The maximum absolute atomic E-state index is 9.83. The van der Waals surface area contributed by atoms with E-state index in [0.29, 0.717) is 35.3 Å². The van der Waals surface area contributed by atoms with Gasteiger partial charge in [0.15, 0.2) is 11.5 Å². The quantitative estimate of drug-likeness (QED) is 0.211. The molecule has 0 aliphatic rings. The van der Waals surface area contributed by atoms with E-state index in [1.807, 2.05) is 80.6 Å². The highest BCUT2D eigenvalue weighted by Crippen LogP contribution is 2.38. The van der Waals surface area contributed by atoms with Gasteiger partial charge >= 0.3 is 0 Å². The molecule has 0 radical (unpaired) electrons. The minimum Gasteiger partial charge on any atom is -0.490 e. The summed E-state index contributed by atoms with van der Waals surface area (Å²) in [5.41, 5.74) is 4.40. The largest absolute Gasteiger partial charge is 0.490 e. The van der Waals surface area contributed by atoms with E-state index < -0.39 is 0 Å². The van der Waals surface area contributed by atoms with Crippen molar-refractivity contribution in [1.82, 2.24) is 0 Å². The molecule has 0 amide bonds. The van der Waals surface area contributed by atoms with Crippen LogP contribution in [0.1, 0.15) is 29.2 Å². The Morgan fingerprint density at radius 1 is 0.939 bits per heavy atom. The Balaban J connectivity index is 1.66. The first-order valence-corrected chi connectivity index (χ1v) is 11.2. The Kier molecular flexibility index (Phi) is 6.98. The summed E-state index contributed by atoms with van der Waals surface area (Å²) in [6.45, 7) is 4.82. The molecule has 4 aromatic carbocycles. The number of ether oxygens (including phenoxy) is 2. The van der Waals surface area contributed by atoms with Crippen molar-refractivity contribution in [2.24, 2.45) is 0 Å². The normalized spacial score (nSPS) is 11.3. The summed E-state index contributed by atoms with van der Waals surface area (Å²) in [6, 6.07) is 28.2. The van der Waals surface area contributed by atoms with Gasteiger partial charge in [-0.25, -0.2) is 0 Å². The first-order chi connectivity index (χ1) is 16.1. The van der Waals surface area contributed by atoms with Crippen LogP contribution in [0, 0.1) is 18.3 Å². The summed E-state index contributed by atoms with van der Waals surface area (Å²) < 4.78 is 11.9. The van der Waals surface area contributed by atoms with Gasteiger partial charge in [-0.15, -0.1) is 0 Å². The zero-order valence-corrected chi connectivity index (χ0v) is 19.4. The fourth-order valence-corrected chi connectivity index (χ4v) is 4.01. The maximum Gasteiger partial charge on any atom is 0.180 e. The second-order valence-electron chi connectivity index (χ2n) is 7.77. The number of fused-ring (bicyclic) bond motifs is 1. The van der Waals surface area contributed by atoms with Crippen molar-refractivity contribution in [3.05, 3.63) is 106 Å². The molecule has 4 heteroatoms. The molecule has 0 bridgehead atoms. The van der Waals surface area contributed by atoms with Gasteiger partial charge in [0.25, 0.3) is 0 Å². The number of hydrogen-bond acceptors (Lipinski definition) is 3. The zero-order chi connectivity index (χ0) is 23.2. The fraction of sp³-hybridized carbons (Fsp3) is 0.138. The summed E-state index contributed by atoms with van der Waals surface area (Å²) in [6.07, 6.45) is 1.82. The van der Waals surface area contributed by atoms with Gasteiger partial charge in [0, 0.05) is 0 Å². The highest BCUT2D eigenvalue weighted by Gasteiger charge is 2.13. The molecule has 0 atom stereocenters. The lowest BCUT2D eigenvalue weighted by Gasteiger charge is -2.15. The van der Waals surface area contributed by atoms with E-state index in [2.05, 4.69) is 18.2 Å². The second kappa shape index (κ2) is 10.3. The van der Waals surface area contributed by atoms with Crippen LogP contribution in [0.25, 0.3) is 22.4 Å².